The van der Waals surface area contributed by atoms with Gasteiger partial charge in [0.25, 0.3) is 0 Å². The lowest BCUT2D eigenvalue weighted by Crippen LogP contribution is -2.48. The first-order valence-electron chi connectivity index (χ1n) is 7.98. The Morgan fingerprint density at radius 3 is 2.48 bits per heavy atom. The number of pyridine rings is 1. The number of hydrogen-bond donors (Lipinski definition) is 1. The summed E-state index contributed by atoms with van der Waals surface area (Å²) in [6.07, 6.45) is 0.395. The first-order valence-corrected chi connectivity index (χ1v) is 10.6. The second kappa shape index (κ2) is 7.46. The average Bonchev–Trinajstić information content (AvgIpc) is 2.62. The van der Waals surface area contributed by atoms with Gasteiger partial charge >= 0.3 is 5.97 Å². The zero-order chi connectivity index (χ0) is 19.8. The van der Waals surface area contributed by atoms with E-state index in [0.29, 0.717) is 20.8 Å². The number of benzene rings is 1. The van der Waals surface area contributed by atoms with Gasteiger partial charge in [0.15, 0.2) is 0 Å². The summed E-state index contributed by atoms with van der Waals surface area (Å²) < 4.78 is 42.1. The van der Waals surface area contributed by atoms with E-state index >= 15 is 0 Å². The molecule has 144 valence electrons. The van der Waals surface area contributed by atoms with E-state index in [1.807, 2.05) is 0 Å². The minimum Gasteiger partial charge on any atom is -0.479 e. The first-order chi connectivity index (χ1) is 12.6. The number of hydrogen-bond acceptors (Lipinski definition) is 4. The molecule has 3 rings (SSSR count). The number of aliphatic carboxylic acids is 1. The number of rotatable bonds is 4. The zero-order valence-corrected chi connectivity index (χ0v) is 17.1. The third kappa shape index (κ3) is 3.87. The quantitative estimate of drug-likeness (QED) is 0.678. The molecule has 0 atom stereocenters. The molecule has 10 heteroatoms. The normalized spacial score (nSPS) is 17.6. The Morgan fingerprint density at radius 2 is 1.89 bits per heavy atom. The Balaban J connectivity index is 2.02. The van der Waals surface area contributed by atoms with E-state index in [-0.39, 0.29) is 18.0 Å². The Labute approximate surface area is 169 Å². The Kier molecular flexibility index (Phi) is 5.58. The second-order valence-electron chi connectivity index (χ2n) is 6.16. The summed E-state index contributed by atoms with van der Waals surface area (Å²) in [6.45, 7) is -0.466. The van der Waals surface area contributed by atoms with Gasteiger partial charge in [-0.05, 0) is 28.1 Å². The third-order valence-corrected chi connectivity index (χ3v) is 7.20. The molecule has 1 aliphatic rings. The summed E-state index contributed by atoms with van der Waals surface area (Å²) >= 11 is 9.47. The van der Waals surface area contributed by atoms with Crippen molar-refractivity contribution in [2.45, 2.75) is 23.4 Å². The molecule has 1 saturated heterocycles. The number of carboxylic acids is 1. The largest absolute Gasteiger partial charge is 0.479 e. The standard InChI is InChI=1S/C17H15BrClFN2O4S/c18-15-9-12(11-3-1-2-4-13(11)19)14(10-21-15)27(25,26)22-7-5-17(20,6-8-22)16(23)24/h1-4,9-10H,5-8H2,(H,23,24). The van der Waals surface area contributed by atoms with Gasteiger partial charge in [-0.3, -0.25) is 0 Å². The predicted octanol–water partition coefficient (Wildman–Crippen LogP) is 3.74. The highest BCUT2D eigenvalue weighted by atomic mass is 79.9. The molecule has 1 aliphatic heterocycles. The number of carbonyl (C=O) groups is 1. The molecule has 6 nitrogen and oxygen atoms in total. The van der Waals surface area contributed by atoms with Gasteiger partial charge in [-0.25, -0.2) is 22.6 Å². The second-order valence-corrected chi connectivity index (χ2v) is 9.28. The molecular formula is C17H15BrClFN2O4S. The average molecular weight is 478 g/mol. The highest BCUT2D eigenvalue weighted by molar-refractivity contribution is 9.10. The highest BCUT2D eigenvalue weighted by Gasteiger charge is 2.44. The maximum absolute atomic E-state index is 14.3. The number of halogens is 3. The van der Waals surface area contributed by atoms with Crippen LogP contribution in [0, 0.1) is 0 Å². The lowest BCUT2D eigenvalue weighted by molar-refractivity contribution is -0.153. The fraction of sp³-hybridized carbons (Fsp3) is 0.294. The fourth-order valence-electron chi connectivity index (χ4n) is 2.95. The van der Waals surface area contributed by atoms with Gasteiger partial charge in [0.1, 0.15) is 9.50 Å². The smallest absolute Gasteiger partial charge is 0.341 e. The van der Waals surface area contributed by atoms with Crippen LogP contribution in [0.3, 0.4) is 0 Å². The molecule has 27 heavy (non-hydrogen) atoms. The molecule has 0 saturated carbocycles. The number of nitrogens with zero attached hydrogens (tertiary/aromatic N) is 2. The zero-order valence-electron chi connectivity index (χ0n) is 13.9. The van der Waals surface area contributed by atoms with Crippen molar-refractivity contribution < 1.29 is 22.7 Å². The molecular weight excluding hydrogens is 463 g/mol. The lowest BCUT2D eigenvalue weighted by Gasteiger charge is -2.33. The van der Waals surface area contributed by atoms with Crippen LogP contribution in [-0.4, -0.2) is 47.5 Å². The summed E-state index contributed by atoms with van der Waals surface area (Å²) in [6, 6.07) is 8.35. The van der Waals surface area contributed by atoms with E-state index in [1.54, 1.807) is 30.3 Å². The monoisotopic (exact) mass is 476 g/mol. The van der Waals surface area contributed by atoms with Crippen LogP contribution in [0.15, 0.2) is 46.0 Å². The van der Waals surface area contributed by atoms with Crippen LogP contribution in [0.5, 0.6) is 0 Å². The van der Waals surface area contributed by atoms with Crippen LogP contribution >= 0.6 is 27.5 Å². The summed E-state index contributed by atoms with van der Waals surface area (Å²) in [7, 11) is -4.02. The van der Waals surface area contributed by atoms with Crippen molar-refractivity contribution in [3.63, 3.8) is 0 Å². The van der Waals surface area contributed by atoms with Crippen LogP contribution in [0.25, 0.3) is 11.1 Å². The van der Waals surface area contributed by atoms with Crippen LogP contribution in [0.2, 0.25) is 5.02 Å². The van der Waals surface area contributed by atoms with Gasteiger partial charge in [0, 0.05) is 48.3 Å². The molecule has 1 aromatic carbocycles. The van der Waals surface area contributed by atoms with Crippen LogP contribution in [0.4, 0.5) is 4.39 Å². The van der Waals surface area contributed by atoms with Crippen LogP contribution < -0.4 is 0 Å². The van der Waals surface area contributed by atoms with Crippen LogP contribution in [0.1, 0.15) is 12.8 Å². The van der Waals surface area contributed by atoms with Crippen molar-refractivity contribution in [2.24, 2.45) is 0 Å². The molecule has 0 amide bonds. The van der Waals surface area contributed by atoms with Gasteiger partial charge in [0.05, 0.1) is 0 Å². The Hall–Kier alpha value is -1.55. The minimum absolute atomic E-state index is 0.0690. The Bertz CT molecular complexity index is 994. The van der Waals surface area contributed by atoms with Gasteiger partial charge in [-0.2, -0.15) is 4.31 Å². The molecule has 2 heterocycles. The van der Waals surface area contributed by atoms with Gasteiger partial charge in [-0.1, -0.05) is 29.8 Å². The highest BCUT2D eigenvalue weighted by Crippen LogP contribution is 2.37. The first kappa shape index (κ1) is 20.2. The van der Waals surface area contributed by atoms with E-state index in [9.17, 15) is 17.6 Å². The number of alkyl halides is 1. The van der Waals surface area contributed by atoms with E-state index < -0.39 is 34.5 Å². The number of sulfonamides is 1. The summed E-state index contributed by atoms with van der Waals surface area (Å²) in [5.41, 5.74) is -1.53. The van der Waals surface area contributed by atoms with Crippen molar-refractivity contribution in [1.82, 2.24) is 9.29 Å². The van der Waals surface area contributed by atoms with Crippen molar-refractivity contribution in [3.8, 4) is 11.1 Å². The third-order valence-electron chi connectivity index (χ3n) is 4.51. The van der Waals surface area contributed by atoms with Gasteiger partial charge < -0.3 is 5.11 Å². The van der Waals surface area contributed by atoms with Crippen molar-refractivity contribution in [1.29, 1.82) is 0 Å². The molecule has 0 spiro atoms. The van der Waals surface area contributed by atoms with E-state index in [2.05, 4.69) is 20.9 Å². The maximum Gasteiger partial charge on any atom is 0.341 e. The summed E-state index contributed by atoms with van der Waals surface area (Å²) in [4.78, 5) is 15.0. The summed E-state index contributed by atoms with van der Waals surface area (Å²) in [5, 5.41) is 9.36. The molecule has 0 aliphatic carbocycles. The molecule has 1 fully saturated rings. The van der Waals surface area contributed by atoms with Crippen molar-refractivity contribution in [2.75, 3.05) is 13.1 Å². The minimum atomic E-state index is -4.02. The Morgan fingerprint density at radius 1 is 1.26 bits per heavy atom. The summed E-state index contributed by atoms with van der Waals surface area (Å²) in [5.74, 6) is -1.57. The fourth-order valence-corrected chi connectivity index (χ4v) is 5.09. The van der Waals surface area contributed by atoms with E-state index in [0.717, 1.165) is 4.31 Å². The predicted molar refractivity (Wildman–Crippen MR) is 102 cm³/mol. The van der Waals surface area contributed by atoms with Crippen molar-refractivity contribution >= 4 is 43.5 Å². The molecule has 2 aromatic rings. The number of piperidine rings is 1. The number of aromatic nitrogens is 1. The molecule has 0 bridgehead atoms. The number of carboxylic acid groups (broad SMARTS) is 1. The molecule has 0 unspecified atom stereocenters. The topological polar surface area (TPSA) is 87.6 Å². The van der Waals surface area contributed by atoms with Crippen molar-refractivity contribution in [3.05, 3.63) is 46.2 Å². The van der Waals surface area contributed by atoms with E-state index in [4.69, 9.17) is 16.7 Å². The van der Waals surface area contributed by atoms with E-state index in [1.165, 1.54) is 6.20 Å². The van der Waals surface area contributed by atoms with Gasteiger partial charge in [-0.15, -0.1) is 0 Å². The molecule has 0 radical (unpaired) electrons. The lowest BCUT2D eigenvalue weighted by atomic mass is 9.95. The van der Waals surface area contributed by atoms with Gasteiger partial charge in [0.2, 0.25) is 15.7 Å². The SMILES string of the molecule is O=C(O)C1(F)CCN(S(=O)(=O)c2cnc(Br)cc2-c2ccccc2Cl)CC1. The molecule has 1 N–H and O–H groups in total. The molecule has 1 aromatic heterocycles. The van der Waals surface area contributed by atoms with Crippen LogP contribution in [-0.2, 0) is 14.8 Å². The maximum atomic E-state index is 14.3.